The van der Waals surface area contributed by atoms with E-state index in [9.17, 15) is 0 Å². The van der Waals surface area contributed by atoms with Crippen molar-refractivity contribution in [2.45, 2.75) is 32.4 Å². The Balaban J connectivity index is 1.70. The third kappa shape index (κ3) is 2.26. The molecule has 1 aliphatic carbocycles. The smallest absolute Gasteiger partial charge is 0.124 e. The monoisotopic (exact) mass is 260 g/mol. The standard InChI is InChI=1S/C14H16N2OS/c1-9-16-7-12(18-9)8-17-11-3-4-13-10(6-11)2-5-14(13)15/h3-4,6-7,14H,2,5,8,15H2,1H3/t14-/m1/s1. The van der Waals surface area contributed by atoms with Gasteiger partial charge in [0.1, 0.15) is 12.4 Å². The third-order valence-corrected chi connectivity index (χ3v) is 4.18. The van der Waals surface area contributed by atoms with Gasteiger partial charge in [0.2, 0.25) is 0 Å². The van der Waals surface area contributed by atoms with Crippen LogP contribution >= 0.6 is 11.3 Å². The lowest BCUT2D eigenvalue weighted by molar-refractivity contribution is 0.309. The van der Waals surface area contributed by atoms with E-state index in [1.54, 1.807) is 11.3 Å². The molecule has 4 heteroatoms. The maximum Gasteiger partial charge on any atom is 0.124 e. The number of aromatic nitrogens is 1. The Morgan fingerprint density at radius 2 is 2.39 bits per heavy atom. The molecule has 1 atom stereocenters. The quantitative estimate of drug-likeness (QED) is 0.923. The summed E-state index contributed by atoms with van der Waals surface area (Å²) >= 11 is 1.68. The van der Waals surface area contributed by atoms with Crippen LogP contribution in [0.25, 0.3) is 0 Å². The van der Waals surface area contributed by atoms with Gasteiger partial charge in [0.05, 0.1) is 9.88 Å². The van der Waals surface area contributed by atoms with Gasteiger partial charge in [0, 0.05) is 12.2 Å². The van der Waals surface area contributed by atoms with E-state index >= 15 is 0 Å². The number of rotatable bonds is 3. The number of ether oxygens (including phenoxy) is 1. The highest BCUT2D eigenvalue weighted by Crippen LogP contribution is 2.32. The topological polar surface area (TPSA) is 48.1 Å². The van der Waals surface area contributed by atoms with Crippen LogP contribution in [0.5, 0.6) is 5.75 Å². The zero-order valence-electron chi connectivity index (χ0n) is 10.3. The molecule has 18 heavy (non-hydrogen) atoms. The maximum absolute atomic E-state index is 6.02. The van der Waals surface area contributed by atoms with Crippen LogP contribution in [0.1, 0.15) is 33.5 Å². The van der Waals surface area contributed by atoms with E-state index in [0.717, 1.165) is 28.5 Å². The Labute approximate surface area is 111 Å². The number of aryl methyl sites for hydroxylation is 2. The molecule has 94 valence electrons. The highest BCUT2D eigenvalue weighted by Gasteiger charge is 2.19. The summed E-state index contributed by atoms with van der Waals surface area (Å²) in [6, 6.07) is 6.44. The molecular formula is C14H16N2OS. The second kappa shape index (κ2) is 4.71. The Morgan fingerprint density at radius 1 is 1.50 bits per heavy atom. The number of benzene rings is 1. The van der Waals surface area contributed by atoms with Gasteiger partial charge < -0.3 is 10.5 Å². The third-order valence-electron chi connectivity index (χ3n) is 3.29. The van der Waals surface area contributed by atoms with Gasteiger partial charge in [-0.2, -0.15) is 0 Å². The molecule has 0 amide bonds. The van der Waals surface area contributed by atoms with E-state index in [2.05, 4.69) is 17.1 Å². The van der Waals surface area contributed by atoms with Crippen molar-refractivity contribution in [1.29, 1.82) is 0 Å². The molecule has 2 aromatic rings. The lowest BCUT2D eigenvalue weighted by Gasteiger charge is -2.08. The zero-order valence-corrected chi connectivity index (χ0v) is 11.2. The molecule has 2 N–H and O–H groups in total. The van der Waals surface area contributed by atoms with Gasteiger partial charge in [-0.3, -0.25) is 0 Å². The Hall–Kier alpha value is -1.39. The fraction of sp³-hybridized carbons (Fsp3) is 0.357. The average molecular weight is 260 g/mol. The molecule has 1 aliphatic rings. The van der Waals surface area contributed by atoms with E-state index in [-0.39, 0.29) is 6.04 Å². The number of hydrogen-bond donors (Lipinski definition) is 1. The first-order valence-electron chi connectivity index (χ1n) is 6.15. The van der Waals surface area contributed by atoms with Crippen molar-refractivity contribution < 1.29 is 4.74 Å². The second-order valence-corrected chi connectivity index (χ2v) is 5.96. The number of fused-ring (bicyclic) bond motifs is 1. The summed E-state index contributed by atoms with van der Waals surface area (Å²) in [5.41, 5.74) is 8.62. The highest BCUT2D eigenvalue weighted by molar-refractivity contribution is 7.11. The van der Waals surface area contributed by atoms with E-state index in [4.69, 9.17) is 10.5 Å². The lowest BCUT2D eigenvalue weighted by Crippen LogP contribution is -2.04. The fourth-order valence-electron chi connectivity index (χ4n) is 2.34. The molecule has 0 fully saturated rings. The van der Waals surface area contributed by atoms with Crippen LogP contribution in [0.3, 0.4) is 0 Å². The van der Waals surface area contributed by atoms with Crippen molar-refractivity contribution in [2.24, 2.45) is 5.73 Å². The van der Waals surface area contributed by atoms with Gasteiger partial charge in [-0.05, 0) is 43.0 Å². The molecule has 3 nitrogen and oxygen atoms in total. The summed E-state index contributed by atoms with van der Waals surface area (Å²) in [4.78, 5) is 5.38. The van der Waals surface area contributed by atoms with Crippen molar-refractivity contribution in [3.05, 3.63) is 45.4 Å². The van der Waals surface area contributed by atoms with Crippen LogP contribution in [-0.4, -0.2) is 4.98 Å². The van der Waals surface area contributed by atoms with Crippen molar-refractivity contribution in [3.63, 3.8) is 0 Å². The predicted molar refractivity (Wildman–Crippen MR) is 72.9 cm³/mol. The minimum Gasteiger partial charge on any atom is -0.488 e. The van der Waals surface area contributed by atoms with Crippen molar-refractivity contribution in [1.82, 2.24) is 4.98 Å². The minimum absolute atomic E-state index is 0.207. The number of nitrogens with two attached hydrogens (primary N) is 1. The first-order valence-corrected chi connectivity index (χ1v) is 6.96. The Kier molecular flexibility index (Phi) is 3.06. The van der Waals surface area contributed by atoms with E-state index in [1.165, 1.54) is 11.1 Å². The molecule has 0 unspecified atom stereocenters. The summed E-state index contributed by atoms with van der Waals surface area (Å²) in [6.07, 6.45) is 3.99. The molecule has 1 aromatic carbocycles. The largest absolute Gasteiger partial charge is 0.488 e. The molecule has 3 rings (SSSR count). The number of thiazole rings is 1. The molecule has 0 saturated heterocycles. The first kappa shape index (κ1) is 11.7. The SMILES string of the molecule is Cc1ncc(COc2ccc3c(c2)CC[C@H]3N)s1. The summed E-state index contributed by atoms with van der Waals surface area (Å²) in [6.45, 7) is 2.60. The van der Waals surface area contributed by atoms with Gasteiger partial charge >= 0.3 is 0 Å². The maximum atomic E-state index is 6.02. The molecule has 1 aromatic heterocycles. The minimum atomic E-state index is 0.207. The summed E-state index contributed by atoms with van der Waals surface area (Å²) in [7, 11) is 0. The van der Waals surface area contributed by atoms with Gasteiger partial charge in [0.25, 0.3) is 0 Å². The van der Waals surface area contributed by atoms with Gasteiger partial charge in [-0.25, -0.2) is 4.98 Å². The van der Waals surface area contributed by atoms with Crippen LogP contribution < -0.4 is 10.5 Å². The first-order chi connectivity index (χ1) is 8.72. The molecule has 0 spiro atoms. The predicted octanol–water partition coefficient (Wildman–Crippen LogP) is 2.98. The van der Waals surface area contributed by atoms with Crippen molar-refractivity contribution >= 4 is 11.3 Å². The number of hydrogen-bond acceptors (Lipinski definition) is 4. The summed E-state index contributed by atoms with van der Waals surface area (Å²) in [5, 5.41) is 1.08. The Morgan fingerprint density at radius 3 is 3.17 bits per heavy atom. The van der Waals surface area contributed by atoms with Crippen LogP contribution in [-0.2, 0) is 13.0 Å². The highest BCUT2D eigenvalue weighted by atomic mass is 32.1. The van der Waals surface area contributed by atoms with Crippen LogP contribution in [0.2, 0.25) is 0 Å². The molecule has 0 radical (unpaired) electrons. The average Bonchev–Trinajstić information content (AvgIpc) is 2.94. The van der Waals surface area contributed by atoms with Crippen LogP contribution in [0.4, 0.5) is 0 Å². The van der Waals surface area contributed by atoms with Gasteiger partial charge in [-0.15, -0.1) is 11.3 Å². The zero-order chi connectivity index (χ0) is 12.5. The molecule has 1 heterocycles. The van der Waals surface area contributed by atoms with Gasteiger partial charge in [0.15, 0.2) is 0 Å². The molecule has 0 bridgehead atoms. The van der Waals surface area contributed by atoms with Crippen molar-refractivity contribution in [3.8, 4) is 5.75 Å². The van der Waals surface area contributed by atoms with Crippen LogP contribution in [0, 0.1) is 6.92 Å². The van der Waals surface area contributed by atoms with E-state index < -0.39 is 0 Å². The molecular weight excluding hydrogens is 244 g/mol. The van der Waals surface area contributed by atoms with Gasteiger partial charge in [-0.1, -0.05) is 6.07 Å². The Bertz CT molecular complexity index is 565. The van der Waals surface area contributed by atoms with E-state index in [1.807, 2.05) is 19.2 Å². The van der Waals surface area contributed by atoms with E-state index in [0.29, 0.717) is 6.61 Å². The lowest BCUT2D eigenvalue weighted by atomic mass is 10.1. The molecule has 0 aliphatic heterocycles. The summed E-state index contributed by atoms with van der Waals surface area (Å²) in [5.74, 6) is 0.925. The van der Waals surface area contributed by atoms with Crippen molar-refractivity contribution in [2.75, 3.05) is 0 Å². The number of nitrogens with zero attached hydrogens (tertiary/aromatic N) is 1. The molecule has 0 saturated carbocycles. The fourth-order valence-corrected chi connectivity index (χ4v) is 3.05. The summed E-state index contributed by atoms with van der Waals surface area (Å²) < 4.78 is 5.80. The van der Waals surface area contributed by atoms with Crippen LogP contribution in [0.15, 0.2) is 24.4 Å². The second-order valence-electron chi connectivity index (χ2n) is 4.64. The normalized spacial score (nSPS) is 17.8.